The molecule has 4 heteroatoms. The molecule has 0 aliphatic heterocycles. The smallest absolute Gasteiger partial charge is 0.257 e. The number of unbranched alkanes of at least 4 members (excludes halogenated alkanes) is 2. The molecular formula is C15H24N2O2. The van der Waals surface area contributed by atoms with Gasteiger partial charge in [0.2, 0.25) is 0 Å². The van der Waals surface area contributed by atoms with Crippen molar-refractivity contribution in [2.45, 2.75) is 32.6 Å². The van der Waals surface area contributed by atoms with Crippen LogP contribution in [0.3, 0.4) is 0 Å². The van der Waals surface area contributed by atoms with Gasteiger partial charge in [0, 0.05) is 6.54 Å². The molecule has 0 atom stereocenters. The number of carbonyl (C=O) groups excluding carboxylic acids is 1. The number of ether oxygens (including phenoxy) is 1. The van der Waals surface area contributed by atoms with Gasteiger partial charge in [-0.05, 0) is 43.5 Å². The quantitative estimate of drug-likeness (QED) is 0.669. The van der Waals surface area contributed by atoms with Crippen LogP contribution in [-0.4, -0.2) is 25.6 Å². The molecule has 0 spiro atoms. The molecule has 0 aromatic heterocycles. The van der Waals surface area contributed by atoms with E-state index in [1.54, 1.807) is 0 Å². The summed E-state index contributed by atoms with van der Waals surface area (Å²) in [7, 11) is 0. The van der Waals surface area contributed by atoms with E-state index in [-0.39, 0.29) is 12.5 Å². The van der Waals surface area contributed by atoms with Crippen LogP contribution < -0.4 is 15.8 Å². The van der Waals surface area contributed by atoms with Crippen LogP contribution in [-0.2, 0) is 11.2 Å². The van der Waals surface area contributed by atoms with Crippen LogP contribution in [0.15, 0.2) is 24.3 Å². The summed E-state index contributed by atoms with van der Waals surface area (Å²) in [5.74, 6) is 0.655. The van der Waals surface area contributed by atoms with Crippen molar-refractivity contribution in [3.05, 3.63) is 29.8 Å². The Balaban J connectivity index is 2.15. The van der Waals surface area contributed by atoms with Crippen molar-refractivity contribution in [1.82, 2.24) is 5.32 Å². The van der Waals surface area contributed by atoms with Crippen molar-refractivity contribution in [1.29, 1.82) is 0 Å². The van der Waals surface area contributed by atoms with Crippen molar-refractivity contribution in [2.24, 2.45) is 5.73 Å². The number of nitrogens with two attached hydrogens (primary N) is 1. The first kappa shape index (κ1) is 15.5. The molecule has 106 valence electrons. The zero-order valence-corrected chi connectivity index (χ0v) is 11.7. The molecule has 0 bridgehead atoms. The highest BCUT2D eigenvalue weighted by Crippen LogP contribution is 2.12. The summed E-state index contributed by atoms with van der Waals surface area (Å²) in [4.78, 5) is 11.5. The summed E-state index contributed by atoms with van der Waals surface area (Å²) < 4.78 is 5.41. The maximum Gasteiger partial charge on any atom is 0.257 e. The Morgan fingerprint density at radius 2 is 1.95 bits per heavy atom. The van der Waals surface area contributed by atoms with E-state index in [0.717, 1.165) is 31.4 Å². The number of benzene rings is 1. The lowest BCUT2D eigenvalue weighted by Crippen LogP contribution is -2.29. The molecular weight excluding hydrogens is 240 g/mol. The van der Waals surface area contributed by atoms with Crippen molar-refractivity contribution in [2.75, 3.05) is 19.7 Å². The van der Waals surface area contributed by atoms with Gasteiger partial charge >= 0.3 is 0 Å². The Kier molecular flexibility index (Phi) is 7.66. The van der Waals surface area contributed by atoms with Crippen LogP contribution in [0.4, 0.5) is 0 Å². The number of rotatable bonds is 9. The predicted octanol–water partition coefficient (Wildman–Crippen LogP) is 1.87. The fourth-order valence-electron chi connectivity index (χ4n) is 1.70. The Labute approximate surface area is 115 Å². The topological polar surface area (TPSA) is 64.3 Å². The van der Waals surface area contributed by atoms with Crippen molar-refractivity contribution in [3.63, 3.8) is 0 Å². The summed E-state index contributed by atoms with van der Waals surface area (Å²) in [5.41, 5.74) is 6.66. The minimum Gasteiger partial charge on any atom is -0.484 e. The molecule has 0 aliphatic rings. The van der Waals surface area contributed by atoms with Gasteiger partial charge < -0.3 is 15.8 Å². The fraction of sp³-hybridized carbons (Fsp3) is 0.533. The number of carbonyl (C=O) groups is 1. The first-order valence-corrected chi connectivity index (χ1v) is 6.94. The third kappa shape index (κ3) is 6.82. The number of amides is 1. The largest absolute Gasteiger partial charge is 0.484 e. The molecule has 0 unspecified atom stereocenters. The monoisotopic (exact) mass is 264 g/mol. The molecule has 1 aromatic rings. The van der Waals surface area contributed by atoms with Crippen molar-refractivity contribution >= 4 is 5.91 Å². The van der Waals surface area contributed by atoms with Crippen molar-refractivity contribution < 1.29 is 9.53 Å². The highest BCUT2D eigenvalue weighted by atomic mass is 16.5. The fourth-order valence-corrected chi connectivity index (χ4v) is 1.70. The number of hydrogen-bond donors (Lipinski definition) is 2. The lowest BCUT2D eigenvalue weighted by Gasteiger charge is -2.07. The maximum absolute atomic E-state index is 11.5. The molecule has 0 aliphatic carbocycles. The van der Waals surface area contributed by atoms with Crippen LogP contribution in [0.25, 0.3) is 0 Å². The van der Waals surface area contributed by atoms with Gasteiger partial charge in [-0.1, -0.05) is 25.5 Å². The molecule has 1 aromatic carbocycles. The lowest BCUT2D eigenvalue weighted by atomic mass is 10.2. The Hall–Kier alpha value is -1.55. The van der Waals surface area contributed by atoms with Crippen LogP contribution >= 0.6 is 0 Å². The summed E-state index contributed by atoms with van der Waals surface area (Å²) in [5, 5.41) is 2.83. The van der Waals surface area contributed by atoms with Gasteiger partial charge in [0.1, 0.15) is 5.75 Å². The van der Waals surface area contributed by atoms with Crippen LogP contribution in [0.1, 0.15) is 31.7 Å². The van der Waals surface area contributed by atoms with Gasteiger partial charge in [0.25, 0.3) is 5.91 Å². The molecule has 19 heavy (non-hydrogen) atoms. The lowest BCUT2D eigenvalue weighted by molar-refractivity contribution is -0.123. The molecule has 0 fully saturated rings. The van der Waals surface area contributed by atoms with Crippen LogP contribution in [0.5, 0.6) is 5.75 Å². The number of aryl methyl sites for hydroxylation is 1. The second-order valence-corrected chi connectivity index (χ2v) is 4.49. The molecule has 4 nitrogen and oxygen atoms in total. The average Bonchev–Trinajstić information content (AvgIpc) is 2.45. The van der Waals surface area contributed by atoms with Gasteiger partial charge in [0.15, 0.2) is 6.61 Å². The van der Waals surface area contributed by atoms with E-state index in [1.165, 1.54) is 5.56 Å². The maximum atomic E-state index is 11.5. The van der Waals surface area contributed by atoms with Crippen LogP contribution in [0, 0.1) is 0 Å². The Bertz CT molecular complexity index is 363. The van der Waals surface area contributed by atoms with E-state index < -0.39 is 0 Å². The van der Waals surface area contributed by atoms with Gasteiger partial charge in [-0.25, -0.2) is 0 Å². The molecule has 0 saturated heterocycles. The second-order valence-electron chi connectivity index (χ2n) is 4.49. The Morgan fingerprint density at radius 3 is 2.58 bits per heavy atom. The molecule has 0 heterocycles. The predicted molar refractivity (Wildman–Crippen MR) is 77.2 cm³/mol. The van der Waals surface area contributed by atoms with Gasteiger partial charge in [-0.3, -0.25) is 4.79 Å². The highest BCUT2D eigenvalue weighted by molar-refractivity contribution is 5.77. The van der Waals surface area contributed by atoms with E-state index in [0.29, 0.717) is 13.1 Å². The average molecular weight is 264 g/mol. The minimum absolute atomic E-state index is 0.0718. The molecule has 3 N–H and O–H groups in total. The van der Waals surface area contributed by atoms with Gasteiger partial charge in [-0.15, -0.1) is 0 Å². The van der Waals surface area contributed by atoms with Crippen molar-refractivity contribution in [3.8, 4) is 5.75 Å². The highest BCUT2D eigenvalue weighted by Gasteiger charge is 2.02. The first-order valence-electron chi connectivity index (χ1n) is 6.94. The zero-order chi connectivity index (χ0) is 13.9. The molecule has 0 saturated carbocycles. The van der Waals surface area contributed by atoms with E-state index in [1.807, 2.05) is 24.3 Å². The number of hydrogen-bond acceptors (Lipinski definition) is 3. The Morgan fingerprint density at radius 1 is 1.21 bits per heavy atom. The SMILES string of the molecule is CCc1ccc(OCC(=O)NCCCCCN)cc1. The van der Waals surface area contributed by atoms with Gasteiger partial charge in [-0.2, -0.15) is 0 Å². The summed E-state index contributed by atoms with van der Waals surface area (Å²) in [6.45, 7) is 3.58. The molecule has 1 rings (SSSR count). The van der Waals surface area contributed by atoms with E-state index in [9.17, 15) is 4.79 Å². The standard InChI is InChI=1S/C15H24N2O2/c1-2-13-6-8-14(9-7-13)19-12-15(18)17-11-5-3-4-10-16/h6-9H,2-5,10-12,16H2,1H3,(H,17,18). The minimum atomic E-state index is -0.0766. The zero-order valence-electron chi connectivity index (χ0n) is 11.7. The van der Waals surface area contributed by atoms with E-state index in [4.69, 9.17) is 10.5 Å². The third-order valence-electron chi connectivity index (χ3n) is 2.90. The normalized spacial score (nSPS) is 10.2. The van der Waals surface area contributed by atoms with Crippen LogP contribution in [0.2, 0.25) is 0 Å². The van der Waals surface area contributed by atoms with E-state index >= 15 is 0 Å². The molecule has 1 amide bonds. The third-order valence-corrected chi connectivity index (χ3v) is 2.90. The summed E-state index contributed by atoms with van der Waals surface area (Å²) in [6.07, 6.45) is 4.03. The van der Waals surface area contributed by atoms with Gasteiger partial charge in [0.05, 0.1) is 0 Å². The summed E-state index contributed by atoms with van der Waals surface area (Å²) >= 11 is 0. The first-order chi connectivity index (χ1) is 9.26. The number of nitrogens with one attached hydrogen (secondary N) is 1. The molecule has 0 radical (unpaired) electrons. The second kappa shape index (κ2) is 9.39. The summed E-state index contributed by atoms with van der Waals surface area (Å²) in [6, 6.07) is 7.82. The van der Waals surface area contributed by atoms with E-state index in [2.05, 4.69) is 12.2 Å².